The molecule has 150 valence electrons. The lowest BCUT2D eigenvalue weighted by Gasteiger charge is -2.24. The smallest absolute Gasteiger partial charge is 0.258 e. The summed E-state index contributed by atoms with van der Waals surface area (Å²) in [6, 6.07) is 15.3. The van der Waals surface area contributed by atoms with E-state index in [0.29, 0.717) is 17.8 Å². The molecule has 1 atom stereocenters. The number of carbonyl (C=O) groups is 1. The van der Waals surface area contributed by atoms with E-state index in [-0.39, 0.29) is 12.0 Å². The zero-order valence-electron chi connectivity index (χ0n) is 16.9. The molecule has 0 radical (unpaired) electrons. The Labute approximate surface area is 168 Å². The molecule has 3 rings (SSSR count). The first-order valence-corrected chi connectivity index (χ1v) is 10.1. The Morgan fingerprint density at radius 1 is 1.14 bits per heavy atom. The predicted molar refractivity (Wildman–Crippen MR) is 115 cm³/mol. The van der Waals surface area contributed by atoms with Crippen LogP contribution in [-0.4, -0.2) is 44.6 Å². The van der Waals surface area contributed by atoms with Crippen LogP contribution in [0.4, 0.5) is 11.4 Å². The monoisotopic (exact) mass is 381 g/mol. The fourth-order valence-corrected chi connectivity index (χ4v) is 3.64. The van der Waals surface area contributed by atoms with Gasteiger partial charge in [0, 0.05) is 35.7 Å². The summed E-state index contributed by atoms with van der Waals surface area (Å²) in [5.41, 5.74) is 9.15. The third-order valence-electron chi connectivity index (χ3n) is 5.14. The molecule has 28 heavy (non-hydrogen) atoms. The van der Waals surface area contributed by atoms with Gasteiger partial charge >= 0.3 is 0 Å². The van der Waals surface area contributed by atoms with Crippen molar-refractivity contribution in [2.24, 2.45) is 0 Å². The number of anilines is 2. The van der Waals surface area contributed by atoms with E-state index in [9.17, 15) is 4.79 Å². The summed E-state index contributed by atoms with van der Waals surface area (Å²) < 4.78 is 6.25. The lowest BCUT2D eigenvalue weighted by molar-refractivity contribution is 0.0442. The highest BCUT2D eigenvalue weighted by atomic mass is 16.5. The fourth-order valence-electron chi connectivity index (χ4n) is 3.64. The van der Waals surface area contributed by atoms with Crippen LogP contribution in [-0.2, 0) is 4.74 Å². The molecule has 0 spiro atoms. The SMILES string of the molecule is CN(C)CCCCOC1CCCN(C(=O)c2ccc(N)cc2)c2ccccc21. The molecule has 5 nitrogen and oxygen atoms in total. The Bertz CT molecular complexity index is 774. The van der Waals surface area contributed by atoms with Gasteiger partial charge in [0.1, 0.15) is 0 Å². The first kappa shape index (κ1) is 20.4. The molecule has 0 saturated carbocycles. The number of benzene rings is 2. The van der Waals surface area contributed by atoms with E-state index in [1.54, 1.807) is 24.3 Å². The van der Waals surface area contributed by atoms with Crippen LogP contribution >= 0.6 is 0 Å². The molecule has 1 heterocycles. The van der Waals surface area contributed by atoms with Gasteiger partial charge in [-0.05, 0) is 76.7 Å². The maximum Gasteiger partial charge on any atom is 0.258 e. The molecule has 0 fully saturated rings. The number of amides is 1. The number of hydrogen-bond donors (Lipinski definition) is 1. The third-order valence-corrected chi connectivity index (χ3v) is 5.14. The van der Waals surface area contributed by atoms with E-state index in [1.165, 1.54) is 0 Å². The minimum atomic E-state index is 0.0130. The largest absolute Gasteiger partial charge is 0.399 e. The number of ether oxygens (including phenoxy) is 1. The van der Waals surface area contributed by atoms with Gasteiger partial charge < -0.3 is 20.3 Å². The van der Waals surface area contributed by atoms with Gasteiger partial charge in [-0.1, -0.05) is 18.2 Å². The summed E-state index contributed by atoms with van der Waals surface area (Å²) in [4.78, 5) is 17.2. The topological polar surface area (TPSA) is 58.8 Å². The van der Waals surface area contributed by atoms with Crippen molar-refractivity contribution in [2.45, 2.75) is 31.8 Å². The average molecular weight is 382 g/mol. The molecular weight excluding hydrogens is 350 g/mol. The van der Waals surface area contributed by atoms with Gasteiger partial charge in [-0.2, -0.15) is 0 Å². The average Bonchev–Trinajstić information content (AvgIpc) is 2.87. The zero-order chi connectivity index (χ0) is 19.9. The molecular formula is C23H31N3O2. The van der Waals surface area contributed by atoms with Crippen LogP contribution in [0.2, 0.25) is 0 Å². The number of nitrogen functional groups attached to an aromatic ring is 1. The Morgan fingerprint density at radius 2 is 1.89 bits per heavy atom. The summed E-state index contributed by atoms with van der Waals surface area (Å²) in [5, 5.41) is 0. The molecule has 0 bridgehead atoms. The molecule has 1 aliphatic heterocycles. The second kappa shape index (κ2) is 9.71. The third kappa shape index (κ3) is 5.12. The number of rotatable bonds is 7. The van der Waals surface area contributed by atoms with Gasteiger partial charge in [-0.3, -0.25) is 4.79 Å². The quantitative estimate of drug-likeness (QED) is 0.579. The van der Waals surface area contributed by atoms with Gasteiger partial charge in [0.25, 0.3) is 5.91 Å². The number of para-hydroxylation sites is 1. The van der Waals surface area contributed by atoms with E-state index in [4.69, 9.17) is 10.5 Å². The van der Waals surface area contributed by atoms with Gasteiger partial charge in [-0.15, -0.1) is 0 Å². The van der Waals surface area contributed by atoms with Crippen molar-refractivity contribution in [3.8, 4) is 0 Å². The van der Waals surface area contributed by atoms with Crippen molar-refractivity contribution in [1.82, 2.24) is 4.90 Å². The maximum atomic E-state index is 13.1. The summed E-state index contributed by atoms with van der Waals surface area (Å²) in [5.74, 6) is 0.0130. The minimum absolute atomic E-state index is 0.0130. The second-order valence-corrected chi connectivity index (χ2v) is 7.65. The summed E-state index contributed by atoms with van der Waals surface area (Å²) >= 11 is 0. The highest BCUT2D eigenvalue weighted by Gasteiger charge is 2.27. The van der Waals surface area contributed by atoms with Crippen molar-refractivity contribution in [2.75, 3.05) is 44.4 Å². The van der Waals surface area contributed by atoms with Crippen LogP contribution in [0.25, 0.3) is 0 Å². The van der Waals surface area contributed by atoms with Crippen molar-refractivity contribution in [1.29, 1.82) is 0 Å². The number of unbranched alkanes of at least 4 members (excludes halogenated alkanes) is 1. The number of carbonyl (C=O) groups excluding carboxylic acids is 1. The van der Waals surface area contributed by atoms with Crippen LogP contribution < -0.4 is 10.6 Å². The predicted octanol–water partition coefficient (Wildman–Crippen LogP) is 4.11. The van der Waals surface area contributed by atoms with E-state index in [2.05, 4.69) is 25.1 Å². The molecule has 1 unspecified atom stereocenters. The lowest BCUT2D eigenvalue weighted by Crippen LogP contribution is -2.31. The van der Waals surface area contributed by atoms with E-state index >= 15 is 0 Å². The molecule has 2 aromatic carbocycles. The van der Waals surface area contributed by atoms with Crippen LogP contribution in [0.5, 0.6) is 0 Å². The Morgan fingerprint density at radius 3 is 2.64 bits per heavy atom. The molecule has 0 aliphatic carbocycles. The van der Waals surface area contributed by atoms with Crippen molar-refractivity contribution in [3.63, 3.8) is 0 Å². The van der Waals surface area contributed by atoms with Crippen molar-refractivity contribution >= 4 is 17.3 Å². The highest BCUT2D eigenvalue weighted by Crippen LogP contribution is 2.36. The van der Waals surface area contributed by atoms with E-state index < -0.39 is 0 Å². The maximum absolute atomic E-state index is 13.1. The van der Waals surface area contributed by atoms with Crippen molar-refractivity contribution < 1.29 is 9.53 Å². The Kier molecular flexibility index (Phi) is 7.06. The van der Waals surface area contributed by atoms with Gasteiger partial charge in [0.15, 0.2) is 0 Å². The lowest BCUT2D eigenvalue weighted by atomic mass is 10.0. The van der Waals surface area contributed by atoms with Gasteiger partial charge in [0.05, 0.1) is 6.10 Å². The Balaban J connectivity index is 1.73. The molecule has 5 heteroatoms. The molecule has 2 aromatic rings. The normalized spacial score (nSPS) is 16.7. The zero-order valence-corrected chi connectivity index (χ0v) is 16.9. The second-order valence-electron chi connectivity index (χ2n) is 7.65. The highest BCUT2D eigenvalue weighted by molar-refractivity contribution is 6.06. The van der Waals surface area contributed by atoms with Gasteiger partial charge in [0.2, 0.25) is 0 Å². The van der Waals surface area contributed by atoms with Crippen LogP contribution in [0.3, 0.4) is 0 Å². The number of fused-ring (bicyclic) bond motifs is 1. The molecule has 2 N–H and O–H groups in total. The molecule has 1 aliphatic rings. The number of nitrogens with zero attached hydrogens (tertiary/aromatic N) is 2. The summed E-state index contributed by atoms with van der Waals surface area (Å²) in [7, 11) is 4.18. The van der Waals surface area contributed by atoms with Crippen LogP contribution in [0.15, 0.2) is 48.5 Å². The first-order chi connectivity index (χ1) is 13.6. The fraction of sp³-hybridized carbons (Fsp3) is 0.435. The minimum Gasteiger partial charge on any atom is -0.399 e. The number of hydrogen-bond acceptors (Lipinski definition) is 4. The van der Waals surface area contributed by atoms with Crippen LogP contribution in [0, 0.1) is 0 Å². The summed E-state index contributed by atoms with van der Waals surface area (Å²) in [6.45, 7) is 2.52. The van der Waals surface area contributed by atoms with Crippen molar-refractivity contribution in [3.05, 3.63) is 59.7 Å². The summed E-state index contributed by atoms with van der Waals surface area (Å²) in [6.07, 6.45) is 4.06. The number of nitrogens with two attached hydrogens (primary N) is 1. The standard InChI is InChI=1S/C23H31N3O2/c1-25(2)15-5-6-17-28-22-10-7-16-26(21-9-4-3-8-20(21)22)23(27)18-11-13-19(24)14-12-18/h3-4,8-9,11-14,22H,5-7,10,15-17,24H2,1-2H3. The van der Waals surface area contributed by atoms with Crippen LogP contribution in [0.1, 0.15) is 47.7 Å². The Hall–Kier alpha value is -2.37. The first-order valence-electron chi connectivity index (χ1n) is 10.1. The molecule has 1 amide bonds. The molecule has 0 aromatic heterocycles. The molecule has 0 saturated heterocycles. The van der Waals surface area contributed by atoms with E-state index in [0.717, 1.165) is 50.1 Å². The van der Waals surface area contributed by atoms with Gasteiger partial charge in [-0.25, -0.2) is 0 Å². The van der Waals surface area contributed by atoms with E-state index in [1.807, 2.05) is 23.1 Å².